The molecule has 0 radical (unpaired) electrons. The Bertz CT molecular complexity index is 90.7. The molecule has 0 aromatic carbocycles. The summed E-state index contributed by atoms with van der Waals surface area (Å²) < 4.78 is 0. The first-order valence-corrected chi connectivity index (χ1v) is 4.17. The first-order valence-electron chi connectivity index (χ1n) is 4.17. The van der Waals surface area contributed by atoms with Crippen LogP contribution in [0.4, 0.5) is 0 Å². The standard InChI is InChI=1S/C8H15N/c1-2-7(3-1)8-4-5-9-6-8/h7-9H,1-6H2/t8-/m1/s1. The van der Waals surface area contributed by atoms with Crippen LogP contribution < -0.4 is 5.32 Å². The minimum absolute atomic E-state index is 1.05. The smallest absolute Gasteiger partial charge is 0.00174 e. The van der Waals surface area contributed by atoms with Gasteiger partial charge in [-0.2, -0.15) is 0 Å². The third kappa shape index (κ3) is 0.983. The third-order valence-corrected chi connectivity index (χ3v) is 2.91. The van der Waals surface area contributed by atoms with Crippen molar-refractivity contribution in [3.8, 4) is 0 Å². The van der Waals surface area contributed by atoms with Crippen molar-refractivity contribution in [1.29, 1.82) is 0 Å². The van der Waals surface area contributed by atoms with Crippen LogP contribution in [-0.4, -0.2) is 13.1 Å². The van der Waals surface area contributed by atoms with Crippen LogP contribution in [0.3, 0.4) is 0 Å². The summed E-state index contributed by atoms with van der Waals surface area (Å²) in [6.07, 6.45) is 5.99. The van der Waals surface area contributed by atoms with Crippen LogP contribution in [0.1, 0.15) is 25.7 Å². The summed E-state index contributed by atoms with van der Waals surface area (Å²) in [5.41, 5.74) is 0. The molecule has 2 rings (SSSR count). The van der Waals surface area contributed by atoms with E-state index in [-0.39, 0.29) is 0 Å². The van der Waals surface area contributed by atoms with Crippen molar-refractivity contribution in [3.63, 3.8) is 0 Å². The second-order valence-corrected chi connectivity index (χ2v) is 3.44. The third-order valence-electron chi connectivity index (χ3n) is 2.91. The van der Waals surface area contributed by atoms with Crippen molar-refractivity contribution in [1.82, 2.24) is 5.32 Å². The molecule has 1 saturated carbocycles. The fraction of sp³-hybridized carbons (Fsp3) is 1.00. The molecule has 0 aromatic heterocycles. The lowest BCUT2D eigenvalue weighted by Gasteiger charge is -2.30. The van der Waals surface area contributed by atoms with Crippen LogP contribution in [0.5, 0.6) is 0 Å². The van der Waals surface area contributed by atoms with Crippen LogP contribution in [0.25, 0.3) is 0 Å². The van der Waals surface area contributed by atoms with E-state index in [1.165, 1.54) is 38.8 Å². The molecule has 1 nitrogen and oxygen atoms in total. The van der Waals surface area contributed by atoms with Crippen LogP contribution >= 0.6 is 0 Å². The average molecular weight is 125 g/mol. The summed E-state index contributed by atoms with van der Waals surface area (Å²) in [6, 6.07) is 0. The maximum atomic E-state index is 3.42. The van der Waals surface area contributed by atoms with Gasteiger partial charge in [-0.25, -0.2) is 0 Å². The molecule has 1 aliphatic heterocycles. The van der Waals surface area contributed by atoms with E-state index in [1.54, 1.807) is 0 Å². The molecule has 52 valence electrons. The van der Waals surface area contributed by atoms with Gasteiger partial charge in [0.25, 0.3) is 0 Å². The van der Waals surface area contributed by atoms with Gasteiger partial charge in [-0.05, 0) is 31.3 Å². The Hall–Kier alpha value is -0.0400. The van der Waals surface area contributed by atoms with Gasteiger partial charge in [-0.1, -0.05) is 19.3 Å². The highest BCUT2D eigenvalue weighted by Crippen LogP contribution is 2.35. The second kappa shape index (κ2) is 2.30. The Labute approximate surface area is 56.8 Å². The average Bonchev–Trinajstić information content (AvgIpc) is 2.11. The number of hydrogen-bond donors (Lipinski definition) is 1. The fourth-order valence-electron chi connectivity index (χ4n) is 1.99. The summed E-state index contributed by atoms with van der Waals surface area (Å²) in [5.74, 6) is 2.17. The molecule has 1 heterocycles. The zero-order valence-corrected chi connectivity index (χ0v) is 5.90. The first-order chi connectivity index (χ1) is 4.47. The molecule has 1 N–H and O–H groups in total. The van der Waals surface area contributed by atoms with Gasteiger partial charge in [0, 0.05) is 0 Å². The molecule has 2 fully saturated rings. The molecule has 0 unspecified atom stereocenters. The Morgan fingerprint density at radius 3 is 2.33 bits per heavy atom. The van der Waals surface area contributed by atoms with Crippen LogP contribution in [0, 0.1) is 11.8 Å². The van der Waals surface area contributed by atoms with E-state index in [2.05, 4.69) is 5.32 Å². The van der Waals surface area contributed by atoms with Gasteiger partial charge >= 0.3 is 0 Å². The predicted molar refractivity (Wildman–Crippen MR) is 38.3 cm³/mol. The zero-order valence-electron chi connectivity index (χ0n) is 5.90. The van der Waals surface area contributed by atoms with Gasteiger partial charge in [0.15, 0.2) is 0 Å². The van der Waals surface area contributed by atoms with Gasteiger partial charge in [0.2, 0.25) is 0 Å². The number of hydrogen-bond acceptors (Lipinski definition) is 1. The van der Waals surface area contributed by atoms with E-state index in [4.69, 9.17) is 0 Å². The molecular weight excluding hydrogens is 110 g/mol. The van der Waals surface area contributed by atoms with Crippen molar-refractivity contribution >= 4 is 0 Å². The molecule has 0 spiro atoms. The highest BCUT2D eigenvalue weighted by molar-refractivity contribution is 4.82. The molecule has 1 heteroatoms. The topological polar surface area (TPSA) is 12.0 Å². The predicted octanol–water partition coefficient (Wildman–Crippen LogP) is 1.40. The second-order valence-electron chi connectivity index (χ2n) is 3.44. The Balaban J connectivity index is 1.82. The molecule has 0 amide bonds. The minimum atomic E-state index is 1.05. The van der Waals surface area contributed by atoms with E-state index in [0.717, 1.165) is 11.8 Å². The molecule has 1 aliphatic carbocycles. The summed E-state index contributed by atoms with van der Waals surface area (Å²) in [6.45, 7) is 2.59. The summed E-state index contributed by atoms with van der Waals surface area (Å²) in [7, 11) is 0. The van der Waals surface area contributed by atoms with Crippen molar-refractivity contribution in [2.75, 3.05) is 13.1 Å². The molecular formula is C8H15N. The quantitative estimate of drug-likeness (QED) is 0.558. The van der Waals surface area contributed by atoms with E-state index in [1.807, 2.05) is 0 Å². The summed E-state index contributed by atoms with van der Waals surface area (Å²) in [4.78, 5) is 0. The van der Waals surface area contributed by atoms with E-state index >= 15 is 0 Å². The molecule has 0 bridgehead atoms. The van der Waals surface area contributed by atoms with Gasteiger partial charge in [0.05, 0.1) is 0 Å². The minimum Gasteiger partial charge on any atom is -0.316 e. The van der Waals surface area contributed by atoms with Gasteiger partial charge < -0.3 is 5.32 Å². The Morgan fingerprint density at radius 2 is 1.89 bits per heavy atom. The van der Waals surface area contributed by atoms with Gasteiger partial charge in [-0.3, -0.25) is 0 Å². The molecule has 1 atom stereocenters. The SMILES string of the molecule is C1CC([C@@H]2CCNC2)C1. The Morgan fingerprint density at radius 1 is 1.00 bits per heavy atom. The highest BCUT2D eigenvalue weighted by Gasteiger charge is 2.28. The van der Waals surface area contributed by atoms with E-state index in [0.29, 0.717) is 0 Å². The van der Waals surface area contributed by atoms with Gasteiger partial charge in [0.1, 0.15) is 0 Å². The van der Waals surface area contributed by atoms with Crippen LogP contribution in [-0.2, 0) is 0 Å². The number of nitrogens with one attached hydrogen (secondary N) is 1. The lowest BCUT2D eigenvalue weighted by Crippen LogP contribution is -2.23. The van der Waals surface area contributed by atoms with Crippen molar-refractivity contribution in [2.45, 2.75) is 25.7 Å². The highest BCUT2D eigenvalue weighted by atomic mass is 14.9. The van der Waals surface area contributed by atoms with Crippen molar-refractivity contribution < 1.29 is 0 Å². The molecule has 9 heavy (non-hydrogen) atoms. The van der Waals surface area contributed by atoms with Crippen LogP contribution in [0.15, 0.2) is 0 Å². The van der Waals surface area contributed by atoms with E-state index in [9.17, 15) is 0 Å². The maximum Gasteiger partial charge on any atom is -0.00174 e. The zero-order chi connectivity index (χ0) is 6.10. The lowest BCUT2D eigenvalue weighted by molar-refractivity contribution is 0.220. The largest absolute Gasteiger partial charge is 0.316 e. The van der Waals surface area contributed by atoms with Crippen LogP contribution in [0.2, 0.25) is 0 Å². The normalized spacial score (nSPS) is 36.7. The van der Waals surface area contributed by atoms with Crippen molar-refractivity contribution in [2.24, 2.45) is 11.8 Å². The maximum absolute atomic E-state index is 3.42. The monoisotopic (exact) mass is 125 g/mol. The summed E-state index contributed by atoms with van der Waals surface area (Å²) >= 11 is 0. The fourth-order valence-corrected chi connectivity index (χ4v) is 1.99. The van der Waals surface area contributed by atoms with Crippen molar-refractivity contribution in [3.05, 3.63) is 0 Å². The van der Waals surface area contributed by atoms with Gasteiger partial charge in [-0.15, -0.1) is 0 Å². The lowest BCUT2D eigenvalue weighted by atomic mass is 9.75. The Kier molecular flexibility index (Phi) is 1.46. The van der Waals surface area contributed by atoms with E-state index < -0.39 is 0 Å². The molecule has 2 aliphatic rings. The first kappa shape index (κ1) is 5.72. The molecule has 0 aromatic rings. The number of rotatable bonds is 1. The molecule has 1 saturated heterocycles. The summed E-state index contributed by atoms with van der Waals surface area (Å²) in [5, 5.41) is 3.42.